The number of rotatable bonds is 6. The fourth-order valence-corrected chi connectivity index (χ4v) is 2.29. The molecule has 0 amide bonds. The lowest BCUT2D eigenvalue weighted by Gasteiger charge is -2.12. The van der Waals surface area contributed by atoms with E-state index in [4.69, 9.17) is 0 Å². The largest absolute Gasteiger partial charge is 0.310 e. The highest BCUT2D eigenvalue weighted by Crippen LogP contribution is 2.21. The fourth-order valence-electron chi connectivity index (χ4n) is 1.89. The Morgan fingerprint density at radius 2 is 2.00 bits per heavy atom. The summed E-state index contributed by atoms with van der Waals surface area (Å²) in [5, 5.41) is 3.61. The Morgan fingerprint density at radius 1 is 1.33 bits per heavy atom. The zero-order valence-corrected chi connectivity index (χ0v) is 12.4. The quantitative estimate of drug-likeness (QED) is 0.770. The molecule has 1 saturated carbocycles. The van der Waals surface area contributed by atoms with Gasteiger partial charge in [0.15, 0.2) is 0 Å². The van der Waals surface area contributed by atoms with E-state index in [9.17, 15) is 0 Å². The average Bonchev–Trinajstić information content (AvgIpc) is 3.19. The molecule has 1 aromatic rings. The standard InChI is InChI=1S/C16H23NS/c1-12(2)14(11-17-15-6-7-15)10-13-4-8-16(18-3)9-5-13/h4-5,8-10,12,15,17H,6-7,11H2,1-3H3. The summed E-state index contributed by atoms with van der Waals surface area (Å²) in [5.41, 5.74) is 2.81. The number of hydrogen-bond donors (Lipinski definition) is 1. The van der Waals surface area contributed by atoms with Crippen molar-refractivity contribution in [2.45, 2.75) is 37.6 Å². The summed E-state index contributed by atoms with van der Waals surface area (Å²) in [4.78, 5) is 1.33. The molecule has 1 nitrogen and oxygen atoms in total. The van der Waals surface area contributed by atoms with Crippen molar-refractivity contribution in [3.8, 4) is 0 Å². The lowest BCUT2D eigenvalue weighted by atomic mass is 10.0. The summed E-state index contributed by atoms with van der Waals surface area (Å²) in [6.07, 6.45) is 7.16. The Kier molecular flexibility index (Phi) is 4.90. The molecule has 18 heavy (non-hydrogen) atoms. The number of nitrogens with one attached hydrogen (secondary N) is 1. The molecule has 2 heteroatoms. The van der Waals surface area contributed by atoms with Gasteiger partial charge < -0.3 is 5.32 Å². The van der Waals surface area contributed by atoms with E-state index in [-0.39, 0.29) is 0 Å². The smallest absolute Gasteiger partial charge is 0.0173 e. The molecule has 0 radical (unpaired) electrons. The third-order valence-electron chi connectivity index (χ3n) is 3.38. The molecule has 0 aromatic heterocycles. The van der Waals surface area contributed by atoms with Crippen LogP contribution in [-0.2, 0) is 0 Å². The van der Waals surface area contributed by atoms with Gasteiger partial charge in [-0.3, -0.25) is 0 Å². The first-order valence-electron chi connectivity index (χ1n) is 6.77. The van der Waals surface area contributed by atoms with Crippen LogP contribution in [0.1, 0.15) is 32.3 Å². The van der Waals surface area contributed by atoms with Crippen molar-refractivity contribution in [3.05, 3.63) is 35.4 Å². The molecular weight excluding hydrogens is 238 g/mol. The molecule has 0 aliphatic heterocycles. The molecule has 0 atom stereocenters. The van der Waals surface area contributed by atoms with Gasteiger partial charge in [0.2, 0.25) is 0 Å². The summed E-state index contributed by atoms with van der Waals surface area (Å²) in [7, 11) is 0. The van der Waals surface area contributed by atoms with Crippen LogP contribution < -0.4 is 5.32 Å². The van der Waals surface area contributed by atoms with Crippen LogP contribution in [0, 0.1) is 5.92 Å². The molecule has 2 rings (SSSR count). The van der Waals surface area contributed by atoms with Crippen LogP contribution in [0.4, 0.5) is 0 Å². The summed E-state index contributed by atoms with van der Waals surface area (Å²) in [6, 6.07) is 9.60. The highest BCUT2D eigenvalue weighted by molar-refractivity contribution is 7.98. The van der Waals surface area contributed by atoms with E-state index in [1.807, 2.05) is 0 Å². The third kappa shape index (κ3) is 4.18. The van der Waals surface area contributed by atoms with Gasteiger partial charge in [0.1, 0.15) is 0 Å². The Balaban J connectivity index is 2.04. The molecule has 0 spiro atoms. The highest BCUT2D eigenvalue weighted by atomic mass is 32.2. The van der Waals surface area contributed by atoms with E-state index in [1.165, 1.54) is 28.9 Å². The Hall–Kier alpha value is -0.730. The topological polar surface area (TPSA) is 12.0 Å². The predicted molar refractivity (Wildman–Crippen MR) is 82.1 cm³/mol. The van der Waals surface area contributed by atoms with Crippen molar-refractivity contribution in [2.75, 3.05) is 12.8 Å². The van der Waals surface area contributed by atoms with Gasteiger partial charge in [0.25, 0.3) is 0 Å². The molecular formula is C16H23NS. The zero-order chi connectivity index (χ0) is 13.0. The van der Waals surface area contributed by atoms with Gasteiger partial charge in [-0.2, -0.15) is 0 Å². The Labute approximate surface area is 115 Å². The molecule has 98 valence electrons. The lowest BCUT2D eigenvalue weighted by Crippen LogP contribution is -2.21. The third-order valence-corrected chi connectivity index (χ3v) is 4.13. The van der Waals surface area contributed by atoms with Gasteiger partial charge in [-0.15, -0.1) is 11.8 Å². The van der Waals surface area contributed by atoms with Crippen molar-refractivity contribution in [2.24, 2.45) is 5.92 Å². The van der Waals surface area contributed by atoms with E-state index in [1.54, 1.807) is 11.8 Å². The molecule has 1 fully saturated rings. The average molecular weight is 261 g/mol. The van der Waals surface area contributed by atoms with Crippen LogP contribution in [-0.4, -0.2) is 18.8 Å². The first kappa shape index (κ1) is 13.7. The zero-order valence-electron chi connectivity index (χ0n) is 11.6. The molecule has 1 N–H and O–H groups in total. The summed E-state index contributed by atoms with van der Waals surface area (Å²) in [6.45, 7) is 5.58. The minimum absolute atomic E-state index is 0.608. The SMILES string of the molecule is CSc1ccc(C=C(CNC2CC2)C(C)C)cc1. The maximum atomic E-state index is 3.61. The maximum absolute atomic E-state index is 3.61. The molecule has 0 bridgehead atoms. The van der Waals surface area contributed by atoms with Crippen LogP contribution >= 0.6 is 11.8 Å². The monoisotopic (exact) mass is 261 g/mol. The van der Waals surface area contributed by atoms with E-state index >= 15 is 0 Å². The molecule has 1 aliphatic rings. The number of hydrogen-bond acceptors (Lipinski definition) is 2. The van der Waals surface area contributed by atoms with Gasteiger partial charge in [0, 0.05) is 17.5 Å². The van der Waals surface area contributed by atoms with Crippen molar-refractivity contribution in [1.29, 1.82) is 0 Å². The highest BCUT2D eigenvalue weighted by Gasteiger charge is 2.20. The first-order chi connectivity index (χ1) is 8.69. The van der Waals surface area contributed by atoms with E-state index in [2.05, 4.69) is 55.8 Å². The molecule has 0 unspecified atom stereocenters. The van der Waals surface area contributed by atoms with Gasteiger partial charge >= 0.3 is 0 Å². The summed E-state index contributed by atoms with van der Waals surface area (Å²) in [5.74, 6) is 0.608. The second kappa shape index (κ2) is 6.44. The molecule has 0 heterocycles. The number of benzene rings is 1. The second-order valence-corrected chi connectivity index (χ2v) is 6.18. The van der Waals surface area contributed by atoms with Gasteiger partial charge in [-0.05, 0) is 42.7 Å². The van der Waals surface area contributed by atoms with Crippen LogP contribution in [0.5, 0.6) is 0 Å². The molecule has 0 saturated heterocycles. The number of thioether (sulfide) groups is 1. The van der Waals surface area contributed by atoms with E-state index in [0.29, 0.717) is 5.92 Å². The van der Waals surface area contributed by atoms with Crippen molar-refractivity contribution in [1.82, 2.24) is 5.32 Å². The van der Waals surface area contributed by atoms with Gasteiger partial charge in [0.05, 0.1) is 0 Å². The van der Waals surface area contributed by atoms with Gasteiger partial charge in [-0.25, -0.2) is 0 Å². The Bertz CT molecular complexity index is 402. The van der Waals surface area contributed by atoms with E-state index in [0.717, 1.165) is 12.6 Å². The van der Waals surface area contributed by atoms with Crippen LogP contribution in [0.25, 0.3) is 6.08 Å². The maximum Gasteiger partial charge on any atom is 0.0173 e. The molecule has 1 aliphatic carbocycles. The van der Waals surface area contributed by atoms with Crippen LogP contribution in [0.15, 0.2) is 34.7 Å². The summed E-state index contributed by atoms with van der Waals surface area (Å²) < 4.78 is 0. The summed E-state index contributed by atoms with van der Waals surface area (Å²) >= 11 is 1.79. The van der Waals surface area contributed by atoms with Crippen molar-refractivity contribution < 1.29 is 0 Å². The normalized spacial score (nSPS) is 16.3. The van der Waals surface area contributed by atoms with E-state index < -0.39 is 0 Å². The van der Waals surface area contributed by atoms with Gasteiger partial charge in [-0.1, -0.05) is 37.6 Å². The minimum atomic E-state index is 0.608. The van der Waals surface area contributed by atoms with Crippen LogP contribution in [0.3, 0.4) is 0 Å². The Morgan fingerprint density at radius 3 is 2.50 bits per heavy atom. The molecule has 1 aromatic carbocycles. The van der Waals surface area contributed by atoms with Crippen LogP contribution in [0.2, 0.25) is 0 Å². The fraction of sp³-hybridized carbons (Fsp3) is 0.500. The predicted octanol–water partition coefficient (Wildman–Crippen LogP) is 4.20. The first-order valence-corrected chi connectivity index (χ1v) is 7.99. The second-order valence-electron chi connectivity index (χ2n) is 5.30. The lowest BCUT2D eigenvalue weighted by molar-refractivity contribution is 0.662. The van der Waals surface area contributed by atoms with Crippen molar-refractivity contribution >= 4 is 17.8 Å². The van der Waals surface area contributed by atoms with Crippen molar-refractivity contribution in [3.63, 3.8) is 0 Å². The minimum Gasteiger partial charge on any atom is -0.310 e.